The van der Waals surface area contributed by atoms with Gasteiger partial charge in [-0.1, -0.05) is 6.07 Å². The summed E-state index contributed by atoms with van der Waals surface area (Å²) in [5, 5.41) is 0. The van der Waals surface area contributed by atoms with Crippen LogP contribution in [0.3, 0.4) is 0 Å². The van der Waals surface area contributed by atoms with E-state index >= 15 is 0 Å². The molecule has 0 bridgehead atoms. The van der Waals surface area contributed by atoms with Gasteiger partial charge in [0.05, 0.1) is 0 Å². The maximum Gasteiger partial charge on any atom is 0.245 e. The topological polar surface area (TPSA) is 38.0 Å². The van der Waals surface area contributed by atoms with Gasteiger partial charge in [0.2, 0.25) is 16.6 Å². The standard InChI is InChI=1S/C6H8NO2S.ClH/c8-10(9)6-7-4-2-1-3-5-7;/h1-5,10H,6H2;1H/q+1;/p-1. The van der Waals surface area contributed by atoms with E-state index in [1.165, 1.54) is 0 Å². The van der Waals surface area contributed by atoms with Crippen LogP contribution in [0.15, 0.2) is 30.6 Å². The molecule has 1 rings (SSSR count). The number of nitrogens with zero attached hydrogens (tertiary/aromatic N) is 1. The van der Waals surface area contributed by atoms with Gasteiger partial charge in [0.25, 0.3) is 0 Å². The lowest BCUT2D eigenvalue weighted by Crippen LogP contribution is -3.00. The number of halogens is 1. The Kier molecular flexibility index (Phi) is 4.81. The number of thiol groups is 1. The lowest BCUT2D eigenvalue weighted by atomic mass is 10.5. The molecule has 62 valence electrons. The number of rotatable bonds is 2. The van der Waals surface area contributed by atoms with Crippen molar-refractivity contribution in [2.45, 2.75) is 5.88 Å². The Hall–Kier alpha value is -0.610. The fraction of sp³-hybridized carbons (Fsp3) is 0.167. The van der Waals surface area contributed by atoms with Crippen molar-refractivity contribution >= 4 is 10.7 Å². The van der Waals surface area contributed by atoms with Crippen LogP contribution in [-0.2, 0) is 16.6 Å². The lowest BCUT2D eigenvalue weighted by molar-refractivity contribution is -0.676. The van der Waals surface area contributed by atoms with Crippen LogP contribution in [0, 0.1) is 0 Å². The van der Waals surface area contributed by atoms with E-state index in [0.717, 1.165) is 0 Å². The van der Waals surface area contributed by atoms with E-state index in [9.17, 15) is 8.42 Å². The zero-order valence-corrected chi connectivity index (χ0v) is 7.33. The summed E-state index contributed by atoms with van der Waals surface area (Å²) in [5.41, 5.74) is 0. The van der Waals surface area contributed by atoms with Crippen molar-refractivity contribution in [3.63, 3.8) is 0 Å². The van der Waals surface area contributed by atoms with Gasteiger partial charge >= 0.3 is 0 Å². The fourth-order valence-electron chi connectivity index (χ4n) is 0.662. The molecule has 1 aromatic rings. The third kappa shape index (κ3) is 3.95. The Morgan fingerprint density at radius 2 is 1.64 bits per heavy atom. The molecule has 1 aromatic heterocycles. The van der Waals surface area contributed by atoms with Crippen molar-refractivity contribution in [1.82, 2.24) is 0 Å². The summed E-state index contributed by atoms with van der Waals surface area (Å²) in [4.78, 5) is 0. The number of hydrogen-bond acceptors (Lipinski definition) is 2. The molecule has 0 radical (unpaired) electrons. The quantitative estimate of drug-likeness (QED) is 0.392. The second kappa shape index (κ2) is 5.09. The maximum atomic E-state index is 10.2. The van der Waals surface area contributed by atoms with Crippen molar-refractivity contribution in [3.8, 4) is 0 Å². The van der Waals surface area contributed by atoms with E-state index in [-0.39, 0.29) is 18.3 Å². The predicted molar refractivity (Wildman–Crippen MR) is 37.0 cm³/mol. The Labute approximate surface area is 73.0 Å². The third-order valence-corrected chi connectivity index (χ3v) is 1.61. The van der Waals surface area contributed by atoms with E-state index in [1.54, 1.807) is 29.1 Å². The molecule has 0 atom stereocenters. The first-order valence-electron chi connectivity index (χ1n) is 2.85. The number of aromatic nitrogens is 1. The molecule has 1 heterocycles. The van der Waals surface area contributed by atoms with Crippen LogP contribution in [0.5, 0.6) is 0 Å². The zero-order chi connectivity index (χ0) is 7.40. The molecule has 0 aliphatic carbocycles. The molecular formula is C6H8ClNO2S. The minimum atomic E-state index is -2.31. The molecular weight excluding hydrogens is 186 g/mol. The monoisotopic (exact) mass is 193 g/mol. The molecule has 0 saturated heterocycles. The zero-order valence-electron chi connectivity index (χ0n) is 5.68. The van der Waals surface area contributed by atoms with Gasteiger partial charge in [-0.2, -0.15) is 4.57 Å². The van der Waals surface area contributed by atoms with E-state index in [0.29, 0.717) is 0 Å². The minimum absolute atomic E-state index is 0. The Morgan fingerprint density at radius 3 is 2.09 bits per heavy atom. The van der Waals surface area contributed by atoms with Crippen molar-refractivity contribution < 1.29 is 25.4 Å². The molecule has 0 saturated carbocycles. The second-order valence-electron chi connectivity index (χ2n) is 1.86. The summed E-state index contributed by atoms with van der Waals surface area (Å²) in [6, 6.07) is 5.42. The Bertz CT molecular complexity index is 265. The highest BCUT2D eigenvalue weighted by molar-refractivity contribution is 7.71. The molecule has 5 heteroatoms. The van der Waals surface area contributed by atoms with Crippen molar-refractivity contribution in [1.29, 1.82) is 0 Å². The van der Waals surface area contributed by atoms with Gasteiger partial charge in [0.1, 0.15) is 0 Å². The van der Waals surface area contributed by atoms with Crippen molar-refractivity contribution in [2.24, 2.45) is 0 Å². The van der Waals surface area contributed by atoms with Crippen LogP contribution in [0.2, 0.25) is 0 Å². The van der Waals surface area contributed by atoms with E-state index < -0.39 is 10.7 Å². The minimum Gasteiger partial charge on any atom is -1.00 e. The molecule has 0 unspecified atom stereocenters. The van der Waals surface area contributed by atoms with E-state index in [4.69, 9.17) is 0 Å². The van der Waals surface area contributed by atoms with Crippen molar-refractivity contribution in [3.05, 3.63) is 30.6 Å². The lowest BCUT2D eigenvalue weighted by Gasteiger charge is -1.85. The van der Waals surface area contributed by atoms with Gasteiger partial charge in [-0.15, -0.1) is 0 Å². The molecule has 0 N–H and O–H groups in total. The highest BCUT2D eigenvalue weighted by Crippen LogP contribution is 1.76. The predicted octanol–water partition coefficient (Wildman–Crippen LogP) is -3.45. The van der Waals surface area contributed by atoms with Gasteiger partial charge < -0.3 is 12.4 Å². The molecule has 11 heavy (non-hydrogen) atoms. The summed E-state index contributed by atoms with van der Waals surface area (Å²) in [7, 11) is -2.31. The molecule has 0 aliphatic rings. The SMILES string of the molecule is O=[SH](=O)C[n+]1ccccc1.[Cl-]. The van der Waals surface area contributed by atoms with Crippen LogP contribution in [0.25, 0.3) is 0 Å². The first kappa shape index (κ1) is 10.4. The molecule has 0 spiro atoms. The van der Waals surface area contributed by atoms with Crippen LogP contribution in [0.1, 0.15) is 0 Å². The smallest absolute Gasteiger partial charge is 0.245 e. The molecule has 0 fully saturated rings. The summed E-state index contributed by atoms with van der Waals surface area (Å²) < 4.78 is 22.0. The average molecular weight is 194 g/mol. The fourth-order valence-corrected chi connectivity index (χ4v) is 1.12. The van der Waals surface area contributed by atoms with Gasteiger partial charge in [-0.05, 0) is 0 Å². The van der Waals surface area contributed by atoms with Crippen LogP contribution >= 0.6 is 0 Å². The Balaban J connectivity index is 0.000001000. The summed E-state index contributed by atoms with van der Waals surface area (Å²) in [6.07, 6.45) is 3.43. The van der Waals surface area contributed by atoms with E-state index in [2.05, 4.69) is 0 Å². The number of pyridine rings is 1. The number of hydrogen-bond donors (Lipinski definition) is 1. The molecule has 3 nitrogen and oxygen atoms in total. The summed E-state index contributed by atoms with van der Waals surface area (Å²) in [5.74, 6) is 0.0656. The van der Waals surface area contributed by atoms with Gasteiger partial charge in [0.15, 0.2) is 12.4 Å². The molecule has 0 amide bonds. The summed E-state index contributed by atoms with van der Waals surface area (Å²) in [6.45, 7) is 0. The average Bonchev–Trinajstić information content (AvgIpc) is 1.88. The van der Waals surface area contributed by atoms with Crippen LogP contribution in [0.4, 0.5) is 0 Å². The first-order valence-corrected chi connectivity index (χ1v) is 4.21. The van der Waals surface area contributed by atoms with Crippen LogP contribution in [-0.4, -0.2) is 8.42 Å². The van der Waals surface area contributed by atoms with E-state index in [1.807, 2.05) is 6.07 Å². The van der Waals surface area contributed by atoms with Crippen molar-refractivity contribution in [2.75, 3.05) is 0 Å². The Morgan fingerprint density at radius 1 is 1.09 bits per heavy atom. The van der Waals surface area contributed by atoms with Gasteiger partial charge in [-0.25, -0.2) is 8.42 Å². The highest BCUT2D eigenvalue weighted by Gasteiger charge is 1.95. The second-order valence-corrected chi connectivity index (χ2v) is 2.81. The molecule has 0 aromatic carbocycles. The maximum absolute atomic E-state index is 10.2. The normalized spacial score (nSPS) is 9.18. The highest BCUT2D eigenvalue weighted by atomic mass is 35.5. The van der Waals surface area contributed by atoms with Gasteiger partial charge in [-0.3, -0.25) is 0 Å². The molecule has 0 aliphatic heterocycles. The summed E-state index contributed by atoms with van der Waals surface area (Å²) >= 11 is 0. The first-order chi connectivity index (χ1) is 4.79. The third-order valence-electron chi connectivity index (χ3n) is 1.06. The van der Waals surface area contributed by atoms with Crippen LogP contribution < -0.4 is 17.0 Å². The van der Waals surface area contributed by atoms with Gasteiger partial charge in [0, 0.05) is 12.1 Å². The largest absolute Gasteiger partial charge is 1.00 e.